The number of hydrogen-bond acceptors (Lipinski definition) is 7. The molecule has 142 valence electrons. The zero-order valence-electron chi connectivity index (χ0n) is 15.8. The number of carbonyl (C=O) groups is 1. The van der Waals surface area contributed by atoms with Gasteiger partial charge >= 0.3 is 5.97 Å². The highest BCUT2D eigenvalue weighted by Crippen LogP contribution is 2.29. The second kappa shape index (κ2) is 9.79. The number of carbonyl (C=O) groups excluding carboxylic acids is 1. The van der Waals surface area contributed by atoms with Gasteiger partial charge < -0.3 is 18.7 Å². The summed E-state index contributed by atoms with van der Waals surface area (Å²) in [5.41, 5.74) is 0.373. The topological polar surface area (TPSA) is 83.7 Å². The van der Waals surface area contributed by atoms with Gasteiger partial charge in [-0.15, -0.1) is 0 Å². The van der Waals surface area contributed by atoms with E-state index in [1.807, 2.05) is 20.8 Å². The van der Waals surface area contributed by atoms with E-state index in [-0.39, 0.29) is 5.89 Å². The molecule has 0 saturated carbocycles. The number of hydrogen-bond donors (Lipinski definition) is 0. The van der Waals surface area contributed by atoms with E-state index in [4.69, 9.17) is 18.7 Å². The molecular weight excluding hydrogens is 336 g/mol. The summed E-state index contributed by atoms with van der Waals surface area (Å²) in [5.74, 6) is 1.54. The largest absolute Gasteiger partial charge is 0.490 e. The van der Waals surface area contributed by atoms with Gasteiger partial charge in [0.25, 0.3) is 5.89 Å². The van der Waals surface area contributed by atoms with E-state index >= 15 is 0 Å². The number of aryl methyl sites for hydroxylation is 1. The quantitative estimate of drug-likeness (QED) is 0.588. The zero-order chi connectivity index (χ0) is 18.9. The predicted molar refractivity (Wildman–Crippen MR) is 95.5 cm³/mol. The monoisotopic (exact) mass is 362 g/mol. The summed E-state index contributed by atoms with van der Waals surface area (Å²) in [5, 5.41) is 3.87. The van der Waals surface area contributed by atoms with E-state index < -0.39 is 12.1 Å². The molecule has 7 heteroatoms. The lowest BCUT2D eigenvalue weighted by molar-refractivity contribution is 0.0265. The third-order valence-corrected chi connectivity index (χ3v) is 3.53. The Bertz CT molecular complexity index is 714. The van der Waals surface area contributed by atoms with Crippen LogP contribution in [0.3, 0.4) is 0 Å². The Labute approximate surface area is 153 Å². The smallest absolute Gasteiger partial charge is 0.339 e. The van der Waals surface area contributed by atoms with Crippen molar-refractivity contribution in [2.24, 2.45) is 0 Å². The van der Waals surface area contributed by atoms with Gasteiger partial charge in [-0.05, 0) is 44.9 Å². The van der Waals surface area contributed by atoms with Gasteiger partial charge in [-0.2, -0.15) is 4.98 Å². The van der Waals surface area contributed by atoms with Crippen LogP contribution >= 0.6 is 0 Å². The van der Waals surface area contributed by atoms with Crippen LogP contribution in [0.1, 0.15) is 68.7 Å². The number of benzene rings is 1. The average Bonchev–Trinajstić information content (AvgIpc) is 3.10. The normalized spacial score (nSPS) is 11.8. The molecule has 2 aromatic rings. The predicted octanol–water partition coefficient (Wildman–Crippen LogP) is 4.13. The molecule has 7 nitrogen and oxygen atoms in total. The van der Waals surface area contributed by atoms with Gasteiger partial charge in [0.2, 0.25) is 0 Å². The minimum Gasteiger partial charge on any atom is -0.490 e. The van der Waals surface area contributed by atoms with Crippen LogP contribution in [-0.2, 0) is 11.2 Å². The second-order valence-electron chi connectivity index (χ2n) is 5.79. The first-order valence-corrected chi connectivity index (χ1v) is 9.02. The summed E-state index contributed by atoms with van der Waals surface area (Å²) in [6.45, 7) is 8.68. The fourth-order valence-electron chi connectivity index (χ4n) is 2.27. The van der Waals surface area contributed by atoms with E-state index in [0.29, 0.717) is 36.1 Å². The van der Waals surface area contributed by atoms with Crippen molar-refractivity contribution in [3.05, 3.63) is 35.5 Å². The van der Waals surface area contributed by atoms with E-state index in [0.717, 1.165) is 19.3 Å². The molecule has 1 aromatic carbocycles. The minimum absolute atomic E-state index is 0.287. The van der Waals surface area contributed by atoms with E-state index in [1.54, 1.807) is 25.1 Å². The van der Waals surface area contributed by atoms with E-state index in [1.165, 1.54) is 0 Å². The molecule has 0 N–H and O–H groups in total. The van der Waals surface area contributed by atoms with E-state index in [9.17, 15) is 4.79 Å². The van der Waals surface area contributed by atoms with Crippen molar-refractivity contribution >= 4 is 5.97 Å². The van der Waals surface area contributed by atoms with E-state index in [2.05, 4.69) is 10.1 Å². The average molecular weight is 362 g/mol. The highest BCUT2D eigenvalue weighted by Gasteiger charge is 2.20. The van der Waals surface area contributed by atoms with Crippen LogP contribution in [0.4, 0.5) is 0 Å². The van der Waals surface area contributed by atoms with Gasteiger partial charge in [-0.25, -0.2) is 4.79 Å². The van der Waals surface area contributed by atoms with Crippen molar-refractivity contribution < 1.29 is 23.5 Å². The zero-order valence-corrected chi connectivity index (χ0v) is 15.8. The molecule has 1 heterocycles. The van der Waals surface area contributed by atoms with Gasteiger partial charge in [-0.3, -0.25) is 0 Å². The van der Waals surface area contributed by atoms with Crippen LogP contribution < -0.4 is 9.47 Å². The molecule has 2 rings (SSSR count). The molecule has 26 heavy (non-hydrogen) atoms. The second-order valence-corrected chi connectivity index (χ2v) is 5.79. The summed E-state index contributed by atoms with van der Waals surface area (Å²) >= 11 is 0. The summed E-state index contributed by atoms with van der Waals surface area (Å²) in [6.07, 6.45) is 1.89. The van der Waals surface area contributed by atoms with Crippen LogP contribution in [0.25, 0.3) is 0 Å². The molecule has 0 aliphatic heterocycles. The fourth-order valence-corrected chi connectivity index (χ4v) is 2.27. The molecule has 0 aliphatic carbocycles. The molecule has 0 radical (unpaired) electrons. The maximum atomic E-state index is 12.4. The molecular formula is C19H26N2O5. The molecule has 0 bridgehead atoms. The molecule has 0 spiro atoms. The molecule has 0 saturated heterocycles. The highest BCUT2D eigenvalue weighted by molar-refractivity contribution is 5.90. The summed E-state index contributed by atoms with van der Waals surface area (Å²) in [6, 6.07) is 4.99. The summed E-state index contributed by atoms with van der Waals surface area (Å²) in [7, 11) is 0. The Morgan fingerprint density at radius 1 is 1.15 bits per heavy atom. The standard InChI is InChI=1S/C19H26N2O5/c1-5-8-17-20-18(26-21-17)13(4)25-19(22)14-9-10-15(24-11-6-2)16(12-14)23-7-3/h9-10,12-13H,5-8,11H2,1-4H3. The van der Waals surface area contributed by atoms with Crippen molar-refractivity contribution in [2.75, 3.05) is 13.2 Å². The molecule has 1 aromatic heterocycles. The fraction of sp³-hybridized carbons (Fsp3) is 0.526. The Kier molecular flexibility index (Phi) is 7.44. The third kappa shape index (κ3) is 5.21. The Balaban J connectivity index is 2.08. The van der Waals surface area contributed by atoms with Crippen molar-refractivity contribution in [3.8, 4) is 11.5 Å². The number of nitrogens with zero attached hydrogens (tertiary/aromatic N) is 2. The molecule has 1 unspecified atom stereocenters. The summed E-state index contributed by atoms with van der Waals surface area (Å²) < 4.78 is 21.8. The van der Waals surface area contributed by atoms with Crippen LogP contribution in [0.5, 0.6) is 11.5 Å². The number of aromatic nitrogens is 2. The Morgan fingerprint density at radius 3 is 2.65 bits per heavy atom. The maximum Gasteiger partial charge on any atom is 0.339 e. The van der Waals surface area contributed by atoms with Crippen LogP contribution in [0, 0.1) is 0 Å². The number of ether oxygens (including phenoxy) is 3. The lowest BCUT2D eigenvalue weighted by atomic mass is 10.2. The van der Waals surface area contributed by atoms with Crippen molar-refractivity contribution in [2.45, 2.75) is 53.1 Å². The highest BCUT2D eigenvalue weighted by atomic mass is 16.6. The third-order valence-electron chi connectivity index (χ3n) is 3.53. The van der Waals surface area contributed by atoms with Gasteiger partial charge in [0.1, 0.15) is 0 Å². The van der Waals surface area contributed by atoms with Crippen LogP contribution in [0.2, 0.25) is 0 Å². The van der Waals surface area contributed by atoms with Crippen LogP contribution in [-0.4, -0.2) is 29.3 Å². The Morgan fingerprint density at radius 2 is 1.96 bits per heavy atom. The Hall–Kier alpha value is -2.57. The maximum absolute atomic E-state index is 12.4. The van der Waals surface area contributed by atoms with Crippen molar-refractivity contribution in [1.82, 2.24) is 10.1 Å². The number of rotatable bonds is 10. The van der Waals surface area contributed by atoms with Gasteiger partial charge in [0, 0.05) is 6.42 Å². The molecule has 1 atom stereocenters. The van der Waals surface area contributed by atoms with Crippen molar-refractivity contribution in [3.63, 3.8) is 0 Å². The van der Waals surface area contributed by atoms with Crippen LogP contribution in [0.15, 0.2) is 22.7 Å². The van der Waals surface area contributed by atoms with Crippen molar-refractivity contribution in [1.29, 1.82) is 0 Å². The molecule has 0 amide bonds. The first-order chi connectivity index (χ1) is 12.6. The molecule has 0 fully saturated rings. The minimum atomic E-state index is -0.632. The SMILES string of the molecule is CCCOc1ccc(C(=O)OC(C)c2nc(CCC)no2)cc1OCC. The summed E-state index contributed by atoms with van der Waals surface area (Å²) in [4.78, 5) is 16.7. The lowest BCUT2D eigenvalue weighted by Gasteiger charge is -2.14. The van der Waals surface area contributed by atoms with Gasteiger partial charge in [0.15, 0.2) is 23.4 Å². The number of esters is 1. The first-order valence-electron chi connectivity index (χ1n) is 9.02. The lowest BCUT2D eigenvalue weighted by Crippen LogP contribution is -2.10. The van der Waals surface area contributed by atoms with Gasteiger partial charge in [-0.1, -0.05) is 19.0 Å². The van der Waals surface area contributed by atoms with Gasteiger partial charge in [0.05, 0.1) is 18.8 Å². The first kappa shape index (κ1) is 19.8. The molecule has 0 aliphatic rings.